The van der Waals surface area contributed by atoms with E-state index in [0.717, 1.165) is 5.69 Å². The quantitative estimate of drug-likeness (QED) is 0.799. The summed E-state index contributed by atoms with van der Waals surface area (Å²) in [7, 11) is 0. The maximum atomic E-state index is 11.8. The number of nitrogens with zero attached hydrogens (tertiary/aromatic N) is 4. The normalized spacial score (nSPS) is 11.2. The molecule has 2 aromatic heterocycles. The molecule has 2 rings (SSSR count). The van der Waals surface area contributed by atoms with Gasteiger partial charge in [0, 0.05) is 18.3 Å². The summed E-state index contributed by atoms with van der Waals surface area (Å²) in [6, 6.07) is 3.52. The van der Waals surface area contributed by atoms with Crippen molar-refractivity contribution < 1.29 is 0 Å². The van der Waals surface area contributed by atoms with Crippen LogP contribution in [-0.4, -0.2) is 19.3 Å². The molecule has 0 aliphatic heterocycles. The third kappa shape index (κ3) is 2.61. The standard InChI is InChI=1S/C12H15ClN4O/c1-8(2)17-5-4-10(15-17)7-16-9(3)14-11(13)6-12(16)18/h4-6,8H,7H2,1-3H3. The lowest BCUT2D eigenvalue weighted by molar-refractivity contribution is 0.522. The predicted molar refractivity (Wildman–Crippen MR) is 70.0 cm³/mol. The smallest absolute Gasteiger partial charge is 0.255 e. The molecule has 0 N–H and O–H groups in total. The molecule has 5 nitrogen and oxygen atoms in total. The lowest BCUT2D eigenvalue weighted by Gasteiger charge is -2.07. The lowest BCUT2D eigenvalue weighted by atomic mass is 10.4. The summed E-state index contributed by atoms with van der Waals surface area (Å²) >= 11 is 5.73. The van der Waals surface area contributed by atoms with E-state index in [-0.39, 0.29) is 10.7 Å². The second kappa shape index (κ2) is 4.94. The van der Waals surface area contributed by atoms with Crippen LogP contribution in [0.5, 0.6) is 0 Å². The molecule has 0 amide bonds. The van der Waals surface area contributed by atoms with Crippen molar-refractivity contribution >= 4 is 11.6 Å². The Bertz CT molecular complexity index is 615. The van der Waals surface area contributed by atoms with Gasteiger partial charge in [0.15, 0.2) is 0 Å². The van der Waals surface area contributed by atoms with Crippen LogP contribution >= 0.6 is 11.6 Å². The third-order valence-electron chi connectivity index (χ3n) is 2.68. The Balaban J connectivity index is 2.31. The van der Waals surface area contributed by atoms with Crippen molar-refractivity contribution in [3.05, 3.63) is 45.4 Å². The molecule has 18 heavy (non-hydrogen) atoms. The van der Waals surface area contributed by atoms with E-state index in [1.54, 1.807) is 11.5 Å². The highest BCUT2D eigenvalue weighted by Crippen LogP contribution is 2.07. The predicted octanol–water partition coefficient (Wildman–Crippen LogP) is 2.03. The summed E-state index contributed by atoms with van der Waals surface area (Å²) < 4.78 is 3.41. The number of hydrogen-bond acceptors (Lipinski definition) is 3. The molecule has 0 fully saturated rings. The number of hydrogen-bond donors (Lipinski definition) is 0. The van der Waals surface area contributed by atoms with Crippen LogP contribution in [-0.2, 0) is 6.54 Å². The van der Waals surface area contributed by atoms with Gasteiger partial charge in [0.1, 0.15) is 11.0 Å². The summed E-state index contributed by atoms with van der Waals surface area (Å²) in [5, 5.41) is 4.63. The van der Waals surface area contributed by atoms with Gasteiger partial charge < -0.3 is 0 Å². The van der Waals surface area contributed by atoms with E-state index >= 15 is 0 Å². The average molecular weight is 267 g/mol. The molecule has 0 aliphatic rings. The highest BCUT2D eigenvalue weighted by Gasteiger charge is 2.07. The highest BCUT2D eigenvalue weighted by atomic mass is 35.5. The van der Waals surface area contributed by atoms with Gasteiger partial charge >= 0.3 is 0 Å². The zero-order valence-corrected chi connectivity index (χ0v) is 11.3. The van der Waals surface area contributed by atoms with Crippen molar-refractivity contribution in [2.24, 2.45) is 0 Å². The number of rotatable bonds is 3. The van der Waals surface area contributed by atoms with E-state index in [2.05, 4.69) is 23.9 Å². The van der Waals surface area contributed by atoms with Gasteiger partial charge in [-0.15, -0.1) is 0 Å². The van der Waals surface area contributed by atoms with Crippen molar-refractivity contribution in [3.8, 4) is 0 Å². The van der Waals surface area contributed by atoms with Crippen molar-refractivity contribution in [3.63, 3.8) is 0 Å². The minimum Gasteiger partial charge on any atom is -0.291 e. The fraction of sp³-hybridized carbons (Fsp3) is 0.417. The van der Waals surface area contributed by atoms with Gasteiger partial charge in [0.2, 0.25) is 0 Å². The lowest BCUT2D eigenvalue weighted by Crippen LogP contribution is -2.23. The van der Waals surface area contributed by atoms with Gasteiger partial charge in [-0.3, -0.25) is 14.0 Å². The van der Waals surface area contributed by atoms with Crippen molar-refractivity contribution in [2.45, 2.75) is 33.4 Å². The van der Waals surface area contributed by atoms with Crippen molar-refractivity contribution in [2.75, 3.05) is 0 Å². The van der Waals surface area contributed by atoms with Gasteiger partial charge in [-0.2, -0.15) is 5.10 Å². The second-order valence-electron chi connectivity index (χ2n) is 4.43. The van der Waals surface area contributed by atoms with Crippen LogP contribution in [0.1, 0.15) is 31.4 Å². The molecule has 0 spiro atoms. The first-order chi connectivity index (χ1) is 8.47. The fourth-order valence-electron chi connectivity index (χ4n) is 1.69. The molecule has 0 aromatic carbocycles. The van der Waals surface area contributed by atoms with Crippen LogP contribution in [0.3, 0.4) is 0 Å². The van der Waals surface area contributed by atoms with E-state index in [1.807, 2.05) is 16.9 Å². The minimum absolute atomic E-state index is 0.161. The fourth-order valence-corrected chi connectivity index (χ4v) is 1.91. The summed E-state index contributed by atoms with van der Waals surface area (Å²) in [4.78, 5) is 15.9. The van der Waals surface area contributed by atoms with Crippen LogP contribution in [0.25, 0.3) is 0 Å². The Morgan fingerprint density at radius 2 is 2.17 bits per heavy atom. The molecule has 0 unspecified atom stereocenters. The Hall–Kier alpha value is -1.62. The molecular weight excluding hydrogens is 252 g/mol. The summed E-state index contributed by atoms with van der Waals surface area (Å²) in [5.74, 6) is 0.589. The number of aromatic nitrogens is 4. The van der Waals surface area contributed by atoms with Crippen LogP contribution in [0, 0.1) is 6.92 Å². The molecule has 6 heteroatoms. The topological polar surface area (TPSA) is 52.7 Å². The summed E-state index contributed by atoms with van der Waals surface area (Å²) in [5.41, 5.74) is 0.671. The maximum Gasteiger partial charge on any atom is 0.255 e. The first-order valence-corrected chi connectivity index (χ1v) is 6.13. The Kier molecular flexibility index (Phi) is 3.52. The first-order valence-electron chi connectivity index (χ1n) is 5.75. The number of halogens is 1. The third-order valence-corrected chi connectivity index (χ3v) is 2.87. The average Bonchev–Trinajstić information content (AvgIpc) is 2.71. The second-order valence-corrected chi connectivity index (χ2v) is 4.82. The SMILES string of the molecule is Cc1nc(Cl)cc(=O)n1Cc1ccn(C(C)C)n1. The highest BCUT2D eigenvalue weighted by molar-refractivity contribution is 6.29. The minimum atomic E-state index is -0.161. The van der Waals surface area contributed by atoms with E-state index < -0.39 is 0 Å². The van der Waals surface area contributed by atoms with Crippen LogP contribution < -0.4 is 5.56 Å². The van der Waals surface area contributed by atoms with Gasteiger partial charge in [-0.25, -0.2) is 4.98 Å². The Morgan fingerprint density at radius 1 is 1.44 bits per heavy atom. The molecule has 0 saturated heterocycles. The summed E-state index contributed by atoms with van der Waals surface area (Å²) in [6.45, 7) is 6.28. The molecular formula is C12H15ClN4O. The maximum absolute atomic E-state index is 11.8. The molecule has 0 atom stereocenters. The molecule has 2 heterocycles. The molecule has 0 aliphatic carbocycles. The summed E-state index contributed by atoms with van der Waals surface area (Å²) in [6.07, 6.45) is 1.91. The molecule has 96 valence electrons. The van der Waals surface area contributed by atoms with Crippen LogP contribution in [0.4, 0.5) is 0 Å². The van der Waals surface area contributed by atoms with E-state index in [1.165, 1.54) is 6.07 Å². The van der Waals surface area contributed by atoms with Crippen molar-refractivity contribution in [1.29, 1.82) is 0 Å². The van der Waals surface area contributed by atoms with Crippen LogP contribution in [0.15, 0.2) is 23.1 Å². The zero-order valence-electron chi connectivity index (χ0n) is 10.6. The van der Waals surface area contributed by atoms with Crippen LogP contribution in [0.2, 0.25) is 5.15 Å². The van der Waals surface area contributed by atoms with E-state index in [0.29, 0.717) is 18.4 Å². The molecule has 2 aromatic rings. The molecule has 0 saturated carbocycles. The van der Waals surface area contributed by atoms with E-state index in [9.17, 15) is 4.79 Å². The van der Waals surface area contributed by atoms with Gasteiger partial charge in [0.25, 0.3) is 5.56 Å². The Labute approximate surface area is 110 Å². The molecule has 0 radical (unpaired) electrons. The first kappa shape index (κ1) is 12.8. The van der Waals surface area contributed by atoms with Gasteiger partial charge in [0.05, 0.1) is 12.2 Å². The monoisotopic (exact) mass is 266 g/mol. The van der Waals surface area contributed by atoms with E-state index in [4.69, 9.17) is 11.6 Å². The zero-order chi connectivity index (χ0) is 13.3. The van der Waals surface area contributed by atoms with Gasteiger partial charge in [-0.1, -0.05) is 11.6 Å². The number of aryl methyl sites for hydroxylation is 1. The van der Waals surface area contributed by atoms with Gasteiger partial charge in [-0.05, 0) is 26.8 Å². The molecule has 0 bridgehead atoms. The largest absolute Gasteiger partial charge is 0.291 e. The van der Waals surface area contributed by atoms with Crippen molar-refractivity contribution in [1.82, 2.24) is 19.3 Å². The Morgan fingerprint density at radius 3 is 2.72 bits per heavy atom.